The minimum absolute atomic E-state index is 0.0198. The first-order valence-electron chi connectivity index (χ1n) is 14.3. The Morgan fingerprint density at radius 1 is 0.756 bits per heavy atom. The predicted molar refractivity (Wildman–Crippen MR) is 181 cm³/mol. The van der Waals surface area contributed by atoms with Gasteiger partial charge in [-0.2, -0.15) is 0 Å². The Morgan fingerprint density at radius 2 is 1.33 bits per heavy atom. The molecule has 7 nitrogen and oxygen atoms in total. The third-order valence-electron chi connectivity index (χ3n) is 6.97. The molecule has 0 radical (unpaired) electrons. The van der Waals surface area contributed by atoms with Gasteiger partial charge in [-0.25, -0.2) is 8.42 Å². The fourth-order valence-corrected chi connectivity index (χ4v) is 6.75. The Bertz CT molecular complexity index is 1680. The summed E-state index contributed by atoms with van der Waals surface area (Å²) < 4.78 is 29.1. The van der Waals surface area contributed by atoms with Crippen LogP contribution in [-0.4, -0.2) is 44.3 Å². The van der Waals surface area contributed by atoms with Crippen LogP contribution in [0.3, 0.4) is 0 Å². The maximum absolute atomic E-state index is 14.5. The monoisotopic (exact) mass is 685 g/mol. The molecule has 0 fully saturated rings. The largest absolute Gasteiger partial charge is 0.354 e. The van der Waals surface area contributed by atoms with Crippen LogP contribution in [0.15, 0.2) is 108 Å². The molecule has 0 aliphatic rings. The van der Waals surface area contributed by atoms with Gasteiger partial charge in [0.15, 0.2) is 0 Å². The van der Waals surface area contributed by atoms with E-state index in [1.165, 1.54) is 35.2 Å². The van der Waals surface area contributed by atoms with Gasteiger partial charge in [-0.15, -0.1) is 0 Å². The summed E-state index contributed by atoms with van der Waals surface area (Å²) >= 11 is 18.7. The normalized spacial score (nSPS) is 12.0. The van der Waals surface area contributed by atoms with Crippen LogP contribution in [0.5, 0.6) is 0 Å². The SMILES string of the molecule is CC(C)CNC(=O)C(Cc1ccccc1)N(Cc1ccc(Cl)cc1)C(=O)CN(c1cc(Cl)cc(Cl)c1)S(=O)(=O)c1ccccc1. The van der Waals surface area contributed by atoms with Crippen molar-refractivity contribution in [2.45, 2.75) is 37.8 Å². The number of nitrogens with zero attached hydrogens (tertiary/aromatic N) is 2. The van der Waals surface area contributed by atoms with E-state index < -0.39 is 28.5 Å². The lowest BCUT2D eigenvalue weighted by Gasteiger charge is -2.34. The predicted octanol–water partition coefficient (Wildman–Crippen LogP) is 7.25. The summed E-state index contributed by atoms with van der Waals surface area (Å²) in [6.45, 7) is 3.77. The number of anilines is 1. The molecular weight excluding hydrogens is 653 g/mol. The first kappa shape index (κ1) is 34.3. The average molecular weight is 687 g/mol. The number of amides is 2. The fourth-order valence-electron chi connectivity index (χ4n) is 4.69. The molecule has 45 heavy (non-hydrogen) atoms. The van der Waals surface area contributed by atoms with Crippen LogP contribution in [0, 0.1) is 5.92 Å². The summed E-state index contributed by atoms with van der Waals surface area (Å²) in [5.74, 6) is -0.773. The standard InChI is InChI=1S/C34H34Cl3N3O4S/c1-24(2)21-38-34(42)32(17-25-9-5-3-6-10-25)39(22-26-13-15-27(35)16-14-26)33(41)23-40(30-19-28(36)18-29(37)20-30)45(43,44)31-11-7-4-8-12-31/h3-16,18-20,24,32H,17,21-23H2,1-2H3,(H,38,42). The zero-order valence-electron chi connectivity index (χ0n) is 24.9. The molecule has 0 aromatic heterocycles. The molecule has 1 atom stereocenters. The molecule has 0 bridgehead atoms. The Kier molecular flexibility index (Phi) is 11.9. The number of hydrogen-bond acceptors (Lipinski definition) is 4. The van der Waals surface area contributed by atoms with E-state index in [0.717, 1.165) is 9.87 Å². The highest BCUT2D eigenvalue weighted by atomic mass is 35.5. The molecule has 4 rings (SSSR count). The third kappa shape index (κ3) is 9.47. The molecule has 0 saturated heterocycles. The van der Waals surface area contributed by atoms with Crippen LogP contribution < -0.4 is 9.62 Å². The highest BCUT2D eigenvalue weighted by Gasteiger charge is 2.34. The van der Waals surface area contributed by atoms with Gasteiger partial charge in [-0.05, 0) is 59.5 Å². The van der Waals surface area contributed by atoms with Gasteiger partial charge in [0, 0.05) is 34.6 Å². The van der Waals surface area contributed by atoms with Crippen molar-refractivity contribution >= 4 is 62.3 Å². The van der Waals surface area contributed by atoms with E-state index in [0.29, 0.717) is 17.1 Å². The summed E-state index contributed by atoms with van der Waals surface area (Å²) in [5, 5.41) is 3.89. The smallest absolute Gasteiger partial charge is 0.264 e. The summed E-state index contributed by atoms with van der Waals surface area (Å²) in [6.07, 6.45) is 0.207. The number of hydrogen-bond donors (Lipinski definition) is 1. The highest BCUT2D eigenvalue weighted by molar-refractivity contribution is 7.92. The average Bonchev–Trinajstić information content (AvgIpc) is 3.01. The molecular formula is C34H34Cl3N3O4S. The van der Waals surface area contributed by atoms with Crippen LogP contribution >= 0.6 is 34.8 Å². The minimum atomic E-state index is -4.27. The Hall–Kier alpha value is -3.56. The van der Waals surface area contributed by atoms with Crippen molar-refractivity contribution < 1.29 is 18.0 Å². The topological polar surface area (TPSA) is 86.8 Å². The summed E-state index contributed by atoms with van der Waals surface area (Å²) in [5.41, 5.74) is 1.66. The van der Waals surface area contributed by atoms with Gasteiger partial charge in [0.2, 0.25) is 11.8 Å². The molecule has 0 heterocycles. The second-order valence-corrected chi connectivity index (χ2v) is 14.1. The number of carbonyl (C=O) groups is 2. The van der Waals surface area contributed by atoms with E-state index in [-0.39, 0.29) is 45.4 Å². The first-order chi connectivity index (χ1) is 21.4. The highest BCUT2D eigenvalue weighted by Crippen LogP contribution is 2.30. The van der Waals surface area contributed by atoms with Gasteiger partial charge >= 0.3 is 0 Å². The van der Waals surface area contributed by atoms with Crippen LogP contribution in [0.2, 0.25) is 15.1 Å². The Morgan fingerprint density at radius 3 is 1.91 bits per heavy atom. The van der Waals surface area contributed by atoms with Gasteiger partial charge in [0.25, 0.3) is 10.0 Å². The molecule has 1 N–H and O–H groups in total. The van der Waals surface area contributed by atoms with Crippen molar-refractivity contribution in [3.05, 3.63) is 129 Å². The maximum atomic E-state index is 14.5. The molecule has 0 saturated carbocycles. The molecule has 0 aliphatic heterocycles. The van der Waals surface area contributed by atoms with E-state index in [4.69, 9.17) is 34.8 Å². The third-order valence-corrected chi connectivity index (χ3v) is 9.44. The van der Waals surface area contributed by atoms with Crippen molar-refractivity contribution in [3.8, 4) is 0 Å². The van der Waals surface area contributed by atoms with E-state index in [2.05, 4.69) is 5.32 Å². The van der Waals surface area contributed by atoms with Gasteiger partial charge in [-0.1, -0.05) is 109 Å². The molecule has 4 aromatic rings. The Labute approximate surface area is 279 Å². The van der Waals surface area contributed by atoms with Crippen molar-refractivity contribution in [1.29, 1.82) is 0 Å². The summed E-state index contributed by atoms with van der Waals surface area (Å²) in [7, 11) is -4.27. The van der Waals surface area contributed by atoms with Crippen molar-refractivity contribution in [2.75, 3.05) is 17.4 Å². The molecule has 0 spiro atoms. The number of rotatable bonds is 13. The van der Waals surface area contributed by atoms with Crippen LogP contribution in [0.25, 0.3) is 0 Å². The van der Waals surface area contributed by atoms with Crippen LogP contribution in [0.1, 0.15) is 25.0 Å². The van der Waals surface area contributed by atoms with Gasteiger partial charge in [0.05, 0.1) is 10.6 Å². The molecule has 2 amide bonds. The first-order valence-corrected chi connectivity index (χ1v) is 16.9. The maximum Gasteiger partial charge on any atom is 0.264 e. The number of carbonyl (C=O) groups excluding carboxylic acids is 2. The lowest BCUT2D eigenvalue weighted by molar-refractivity contribution is -0.140. The van der Waals surface area contributed by atoms with E-state index in [9.17, 15) is 18.0 Å². The fraction of sp³-hybridized carbons (Fsp3) is 0.235. The van der Waals surface area contributed by atoms with Crippen molar-refractivity contribution in [3.63, 3.8) is 0 Å². The minimum Gasteiger partial charge on any atom is -0.354 e. The zero-order valence-corrected chi connectivity index (χ0v) is 28.0. The van der Waals surface area contributed by atoms with Gasteiger partial charge < -0.3 is 10.2 Å². The van der Waals surface area contributed by atoms with E-state index in [1.54, 1.807) is 42.5 Å². The molecule has 11 heteroatoms. The lowest BCUT2D eigenvalue weighted by atomic mass is 10.0. The lowest BCUT2D eigenvalue weighted by Crippen LogP contribution is -2.53. The second kappa shape index (κ2) is 15.6. The zero-order chi connectivity index (χ0) is 32.6. The quantitative estimate of drug-likeness (QED) is 0.161. The number of sulfonamides is 1. The number of halogens is 3. The van der Waals surface area contributed by atoms with Gasteiger partial charge in [0.1, 0.15) is 12.6 Å². The molecule has 236 valence electrons. The molecule has 0 aliphatic carbocycles. The summed E-state index contributed by atoms with van der Waals surface area (Å²) in [4.78, 5) is 29.7. The van der Waals surface area contributed by atoms with Crippen LogP contribution in [0.4, 0.5) is 5.69 Å². The Balaban J connectivity index is 1.81. The second-order valence-electron chi connectivity index (χ2n) is 10.9. The van der Waals surface area contributed by atoms with E-state index in [1.807, 2.05) is 44.2 Å². The molecule has 4 aromatic carbocycles. The van der Waals surface area contributed by atoms with E-state index >= 15 is 0 Å². The van der Waals surface area contributed by atoms with Crippen molar-refractivity contribution in [2.24, 2.45) is 5.92 Å². The van der Waals surface area contributed by atoms with Crippen molar-refractivity contribution in [1.82, 2.24) is 10.2 Å². The van der Waals surface area contributed by atoms with Crippen LogP contribution in [-0.2, 0) is 32.6 Å². The van der Waals surface area contributed by atoms with Gasteiger partial charge in [-0.3, -0.25) is 13.9 Å². The number of nitrogens with one attached hydrogen (secondary N) is 1. The summed E-state index contributed by atoms with van der Waals surface area (Å²) in [6, 6.07) is 27.5. The number of benzene rings is 4. The molecule has 1 unspecified atom stereocenters.